The number of carbonyl (C=O) groups is 1. The predicted octanol–water partition coefficient (Wildman–Crippen LogP) is 0.885. The Balaban J connectivity index is 3.15. The molecule has 1 aromatic rings. The summed E-state index contributed by atoms with van der Waals surface area (Å²) in [6.07, 6.45) is 0.244. The molecule has 0 saturated carbocycles. The van der Waals surface area contributed by atoms with Gasteiger partial charge in [-0.1, -0.05) is 25.4 Å². The lowest BCUT2D eigenvalue weighted by Gasteiger charge is -2.29. The number of esters is 1. The van der Waals surface area contributed by atoms with Crippen LogP contribution in [0.3, 0.4) is 0 Å². The van der Waals surface area contributed by atoms with E-state index in [1.165, 1.54) is 13.4 Å². The van der Waals surface area contributed by atoms with Crippen LogP contribution in [0.1, 0.15) is 19.5 Å². The highest BCUT2D eigenvalue weighted by Crippen LogP contribution is 2.32. The minimum atomic E-state index is -1.29. The predicted molar refractivity (Wildman–Crippen MR) is 59.3 cm³/mol. The molecule has 0 aliphatic carbocycles. The summed E-state index contributed by atoms with van der Waals surface area (Å²) in [4.78, 5) is 15.2. The third kappa shape index (κ3) is 2.05. The maximum absolute atomic E-state index is 11.3. The van der Waals surface area contributed by atoms with Crippen molar-refractivity contribution >= 4 is 17.6 Å². The molecule has 0 amide bonds. The molecular weight excluding hydrogens is 232 g/mol. The van der Waals surface area contributed by atoms with Crippen molar-refractivity contribution in [2.75, 3.05) is 7.11 Å². The van der Waals surface area contributed by atoms with E-state index in [2.05, 4.69) is 9.72 Å². The topological polar surface area (TPSA) is 64.3 Å². The fraction of sp³-hybridized carbons (Fsp3) is 0.600. The van der Waals surface area contributed by atoms with Gasteiger partial charge in [0.15, 0.2) is 11.3 Å². The zero-order valence-corrected chi connectivity index (χ0v) is 10.4. The van der Waals surface area contributed by atoms with Gasteiger partial charge in [-0.15, -0.1) is 0 Å². The smallest absolute Gasteiger partial charge is 0.335 e. The minimum Gasteiger partial charge on any atom is -0.467 e. The number of hydrogen-bond donors (Lipinski definition) is 1. The van der Waals surface area contributed by atoms with Crippen molar-refractivity contribution in [1.82, 2.24) is 9.55 Å². The number of methoxy groups -OCH3 is 1. The van der Waals surface area contributed by atoms with Gasteiger partial charge in [0.25, 0.3) is 0 Å². The van der Waals surface area contributed by atoms with Crippen LogP contribution in [0.15, 0.2) is 6.33 Å². The number of nitrogens with zero attached hydrogens (tertiary/aromatic N) is 2. The molecule has 1 aromatic heterocycles. The number of aliphatic hydroxyl groups excluding tert-OH is 1. The highest BCUT2D eigenvalue weighted by Gasteiger charge is 2.39. The van der Waals surface area contributed by atoms with Gasteiger partial charge in [-0.2, -0.15) is 0 Å². The SMILES string of the molecule is COC(=O)C(O)C(C)(C)c1c(Cl)ncn1C. The number of aromatic nitrogens is 2. The Morgan fingerprint density at radius 3 is 2.62 bits per heavy atom. The van der Waals surface area contributed by atoms with Gasteiger partial charge in [-0.05, 0) is 0 Å². The molecule has 0 saturated heterocycles. The van der Waals surface area contributed by atoms with Crippen LogP contribution in [0.25, 0.3) is 0 Å². The Morgan fingerprint density at radius 1 is 1.69 bits per heavy atom. The van der Waals surface area contributed by atoms with Crippen LogP contribution in [0.5, 0.6) is 0 Å². The van der Waals surface area contributed by atoms with E-state index in [0.29, 0.717) is 5.69 Å². The molecule has 0 spiro atoms. The zero-order valence-electron chi connectivity index (χ0n) is 9.69. The monoisotopic (exact) mass is 246 g/mol. The summed E-state index contributed by atoms with van der Waals surface area (Å²) in [5.41, 5.74) is -0.276. The van der Waals surface area contributed by atoms with Crippen LogP contribution in [-0.4, -0.2) is 33.8 Å². The van der Waals surface area contributed by atoms with Crippen molar-refractivity contribution in [2.45, 2.75) is 25.4 Å². The van der Waals surface area contributed by atoms with E-state index < -0.39 is 17.5 Å². The Bertz CT molecular complexity index is 381. The van der Waals surface area contributed by atoms with Crippen LogP contribution in [0.2, 0.25) is 5.15 Å². The van der Waals surface area contributed by atoms with E-state index in [0.717, 1.165) is 0 Å². The van der Waals surface area contributed by atoms with Gasteiger partial charge < -0.3 is 14.4 Å². The summed E-state index contributed by atoms with van der Waals surface area (Å²) < 4.78 is 6.19. The van der Waals surface area contributed by atoms with Gasteiger partial charge in [0.2, 0.25) is 0 Å². The molecule has 1 N–H and O–H groups in total. The van der Waals surface area contributed by atoms with Gasteiger partial charge in [-0.3, -0.25) is 0 Å². The molecule has 0 aromatic carbocycles. The number of imidazole rings is 1. The van der Waals surface area contributed by atoms with E-state index in [9.17, 15) is 9.90 Å². The first kappa shape index (κ1) is 13.0. The van der Waals surface area contributed by atoms with Crippen molar-refractivity contribution < 1.29 is 14.6 Å². The molecule has 1 atom stereocenters. The number of hydrogen-bond acceptors (Lipinski definition) is 4. The first-order chi connectivity index (χ1) is 7.32. The molecule has 5 nitrogen and oxygen atoms in total. The summed E-state index contributed by atoms with van der Waals surface area (Å²) in [6.45, 7) is 3.41. The molecule has 0 radical (unpaired) electrons. The van der Waals surface area contributed by atoms with Crippen molar-refractivity contribution in [3.05, 3.63) is 17.2 Å². The summed E-state index contributed by atoms with van der Waals surface area (Å²) in [7, 11) is 2.98. The van der Waals surface area contributed by atoms with E-state index in [1.807, 2.05) is 0 Å². The molecule has 16 heavy (non-hydrogen) atoms. The van der Waals surface area contributed by atoms with Crippen molar-refractivity contribution in [2.24, 2.45) is 7.05 Å². The largest absolute Gasteiger partial charge is 0.467 e. The maximum atomic E-state index is 11.3. The Kier molecular flexibility index (Phi) is 3.60. The van der Waals surface area contributed by atoms with Gasteiger partial charge >= 0.3 is 5.97 Å². The molecule has 90 valence electrons. The first-order valence-corrected chi connectivity index (χ1v) is 5.13. The van der Waals surface area contributed by atoms with E-state index in [4.69, 9.17) is 11.6 Å². The molecule has 1 rings (SSSR count). The molecule has 0 aliphatic heterocycles. The Labute approximate surface area is 99.0 Å². The zero-order chi connectivity index (χ0) is 12.5. The highest BCUT2D eigenvalue weighted by atomic mass is 35.5. The van der Waals surface area contributed by atoms with Crippen LogP contribution >= 0.6 is 11.6 Å². The summed E-state index contributed by atoms with van der Waals surface area (Å²) in [5.74, 6) is -0.692. The van der Waals surface area contributed by atoms with Gasteiger partial charge in [0, 0.05) is 12.5 Å². The van der Waals surface area contributed by atoms with E-state index in [1.54, 1.807) is 25.5 Å². The lowest BCUT2D eigenvalue weighted by atomic mass is 9.83. The normalized spacial score (nSPS) is 13.6. The third-order valence-corrected chi connectivity index (χ3v) is 2.89. The fourth-order valence-corrected chi connectivity index (χ4v) is 2.08. The molecule has 0 bridgehead atoms. The average Bonchev–Trinajstić information content (AvgIpc) is 2.56. The fourth-order valence-electron chi connectivity index (χ4n) is 1.66. The number of rotatable bonds is 3. The first-order valence-electron chi connectivity index (χ1n) is 4.75. The summed E-state index contributed by atoms with van der Waals surface area (Å²) >= 11 is 5.93. The number of aryl methyl sites for hydroxylation is 1. The number of carbonyl (C=O) groups excluding carboxylic acids is 1. The van der Waals surface area contributed by atoms with Crippen molar-refractivity contribution in [3.8, 4) is 0 Å². The van der Waals surface area contributed by atoms with Gasteiger partial charge in [0.05, 0.1) is 19.1 Å². The van der Waals surface area contributed by atoms with Crippen LogP contribution < -0.4 is 0 Å². The molecule has 6 heteroatoms. The lowest BCUT2D eigenvalue weighted by Crippen LogP contribution is -2.42. The van der Waals surface area contributed by atoms with Crippen LogP contribution in [-0.2, 0) is 22.0 Å². The van der Waals surface area contributed by atoms with Gasteiger partial charge in [0.1, 0.15) is 0 Å². The second-order valence-corrected chi connectivity index (χ2v) is 4.50. The number of aliphatic hydroxyl groups is 1. The summed E-state index contributed by atoms with van der Waals surface area (Å²) in [5, 5.41) is 10.2. The van der Waals surface area contributed by atoms with Crippen LogP contribution in [0, 0.1) is 0 Å². The number of halogens is 1. The molecule has 0 aliphatic rings. The van der Waals surface area contributed by atoms with Crippen molar-refractivity contribution in [3.63, 3.8) is 0 Å². The average molecular weight is 247 g/mol. The van der Waals surface area contributed by atoms with E-state index >= 15 is 0 Å². The van der Waals surface area contributed by atoms with Crippen LogP contribution in [0.4, 0.5) is 0 Å². The lowest BCUT2D eigenvalue weighted by molar-refractivity contribution is -0.154. The molecule has 0 fully saturated rings. The minimum absolute atomic E-state index is 0.274. The third-order valence-electron chi connectivity index (χ3n) is 2.61. The Hall–Kier alpha value is -1.07. The summed E-state index contributed by atoms with van der Waals surface area (Å²) in [6, 6.07) is 0. The van der Waals surface area contributed by atoms with E-state index in [-0.39, 0.29) is 5.15 Å². The van der Waals surface area contributed by atoms with Gasteiger partial charge in [-0.25, -0.2) is 9.78 Å². The maximum Gasteiger partial charge on any atom is 0.335 e. The van der Waals surface area contributed by atoms with Crippen molar-refractivity contribution in [1.29, 1.82) is 0 Å². The second-order valence-electron chi connectivity index (χ2n) is 4.14. The quantitative estimate of drug-likeness (QED) is 0.805. The number of ether oxygens (including phenoxy) is 1. The highest BCUT2D eigenvalue weighted by molar-refractivity contribution is 6.30. The molecule has 1 heterocycles. The second kappa shape index (κ2) is 4.43. The molecule has 1 unspecified atom stereocenters. The standard InChI is InChI=1S/C10H15ClN2O3/c1-10(2,7(14)9(15)16-4)6-8(11)12-5-13(6)3/h5,7,14H,1-4H3. The molecular formula is C10H15ClN2O3. The Morgan fingerprint density at radius 2 is 2.25 bits per heavy atom.